The first-order valence-corrected chi connectivity index (χ1v) is 9.64. The van der Waals surface area contributed by atoms with Crippen LogP contribution in [0, 0.1) is 6.92 Å². The van der Waals surface area contributed by atoms with Crippen LogP contribution in [-0.2, 0) is 0 Å². The number of nitrogens with zero attached hydrogens (tertiary/aromatic N) is 1. The van der Waals surface area contributed by atoms with Crippen molar-refractivity contribution in [3.8, 4) is 0 Å². The molecule has 2 N–H and O–H groups in total. The molecule has 3 aromatic carbocycles. The normalized spacial score (nSPS) is 13.7. The Morgan fingerprint density at radius 2 is 1.58 bits per heavy atom. The Labute approximate surface area is 158 Å². The van der Waals surface area contributed by atoms with Crippen LogP contribution in [0.3, 0.4) is 0 Å². The molecule has 0 saturated carbocycles. The molecule has 132 valence electrons. The lowest BCUT2D eigenvalue weighted by atomic mass is 10.2. The number of nitrogens with one attached hydrogen (secondary N) is 1. The molecule has 0 aromatic heterocycles. The van der Waals surface area contributed by atoms with Crippen molar-refractivity contribution in [2.75, 3.05) is 23.3 Å². The number of fused-ring (bicyclic) bond motifs is 2. The van der Waals surface area contributed by atoms with Gasteiger partial charge in [0.05, 0.1) is 24.0 Å². The quantitative estimate of drug-likeness (QED) is 0.664. The van der Waals surface area contributed by atoms with Gasteiger partial charge >= 0.3 is 0 Å². The zero-order valence-electron chi connectivity index (χ0n) is 14.7. The van der Waals surface area contributed by atoms with Gasteiger partial charge in [0.15, 0.2) is 0 Å². The molecule has 0 radical (unpaired) electrons. The first-order chi connectivity index (χ1) is 12.7. The fourth-order valence-corrected chi connectivity index (χ4v) is 4.34. The van der Waals surface area contributed by atoms with Gasteiger partial charge in [0.25, 0.3) is 0 Å². The average molecular weight is 362 g/mol. The number of para-hydroxylation sites is 2. The molecule has 0 spiro atoms. The molecule has 0 saturated heterocycles. The van der Waals surface area contributed by atoms with Crippen LogP contribution < -0.4 is 10.2 Å². The summed E-state index contributed by atoms with van der Waals surface area (Å²) < 4.78 is 0. The van der Waals surface area contributed by atoms with Crippen LogP contribution in [0.25, 0.3) is 0 Å². The second-order valence-corrected chi connectivity index (χ2v) is 7.64. The van der Waals surface area contributed by atoms with Crippen LogP contribution in [0.1, 0.15) is 5.56 Å². The summed E-state index contributed by atoms with van der Waals surface area (Å²) in [7, 11) is 0. The SMILES string of the molecule is Cc1cccc(NCC(O)CN2c3ccccc3Sc3ccccc32)c1. The van der Waals surface area contributed by atoms with E-state index in [1.54, 1.807) is 11.8 Å². The van der Waals surface area contributed by atoms with Crippen LogP contribution in [0.5, 0.6) is 0 Å². The standard InChI is InChI=1S/C22H22N2OS/c1-16-7-6-8-17(13-16)23-14-18(25)15-24-19-9-2-4-11-21(19)26-22-12-5-3-10-20(22)24/h2-13,18,23,25H,14-15H2,1H3. The number of aryl methyl sites for hydroxylation is 1. The second-order valence-electron chi connectivity index (χ2n) is 6.55. The Morgan fingerprint density at radius 3 is 2.23 bits per heavy atom. The highest BCUT2D eigenvalue weighted by atomic mass is 32.2. The summed E-state index contributed by atoms with van der Waals surface area (Å²) in [5.41, 5.74) is 4.57. The molecule has 1 aliphatic heterocycles. The van der Waals surface area contributed by atoms with E-state index in [0.717, 1.165) is 17.1 Å². The largest absolute Gasteiger partial charge is 0.389 e. The van der Waals surface area contributed by atoms with Crippen molar-refractivity contribution in [1.82, 2.24) is 0 Å². The molecule has 4 rings (SSSR count). The summed E-state index contributed by atoms with van der Waals surface area (Å²) in [6, 6.07) is 25.0. The van der Waals surface area contributed by atoms with Crippen molar-refractivity contribution >= 4 is 28.8 Å². The Kier molecular flexibility index (Phi) is 4.87. The van der Waals surface area contributed by atoms with Crippen molar-refractivity contribution in [3.63, 3.8) is 0 Å². The van der Waals surface area contributed by atoms with Crippen molar-refractivity contribution in [2.24, 2.45) is 0 Å². The zero-order chi connectivity index (χ0) is 17.9. The Balaban J connectivity index is 1.52. The summed E-state index contributed by atoms with van der Waals surface area (Å²) >= 11 is 1.79. The van der Waals surface area contributed by atoms with Crippen molar-refractivity contribution in [3.05, 3.63) is 78.4 Å². The highest BCUT2D eigenvalue weighted by Gasteiger charge is 2.24. The van der Waals surface area contributed by atoms with E-state index in [9.17, 15) is 5.11 Å². The molecule has 1 heterocycles. The van der Waals surface area contributed by atoms with Gasteiger partial charge in [-0.15, -0.1) is 0 Å². The first-order valence-electron chi connectivity index (χ1n) is 8.83. The van der Waals surface area contributed by atoms with Gasteiger partial charge in [-0.05, 0) is 48.9 Å². The van der Waals surface area contributed by atoms with Gasteiger partial charge < -0.3 is 15.3 Å². The molecule has 1 aliphatic rings. The van der Waals surface area contributed by atoms with Gasteiger partial charge in [0.2, 0.25) is 0 Å². The fourth-order valence-electron chi connectivity index (χ4n) is 3.24. The molecule has 1 atom stereocenters. The smallest absolute Gasteiger partial charge is 0.0891 e. The van der Waals surface area contributed by atoms with Crippen molar-refractivity contribution in [1.29, 1.82) is 0 Å². The number of anilines is 3. The van der Waals surface area contributed by atoms with Gasteiger partial charge in [-0.3, -0.25) is 0 Å². The van der Waals surface area contributed by atoms with E-state index in [1.165, 1.54) is 15.4 Å². The molecule has 3 aromatic rings. The third-order valence-corrected chi connectivity index (χ3v) is 5.62. The second kappa shape index (κ2) is 7.44. The molecule has 3 nitrogen and oxygen atoms in total. The van der Waals surface area contributed by atoms with Crippen LogP contribution >= 0.6 is 11.8 Å². The summed E-state index contributed by atoms with van der Waals surface area (Å²) in [4.78, 5) is 4.68. The molecule has 0 fully saturated rings. The fraction of sp³-hybridized carbons (Fsp3) is 0.182. The molecule has 26 heavy (non-hydrogen) atoms. The van der Waals surface area contributed by atoms with Crippen LogP contribution in [-0.4, -0.2) is 24.3 Å². The highest BCUT2D eigenvalue weighted by molar-refractivity contribution is 7.99. The molecule has 0 amide bonds. The number of hydrogen-bond acceptors (Lipinski definition) is 4. The van der Waals surface area contributed by atoms with Gasteiger partial charge in [-0.1, -0.05) is 48.2 Å². The van der Waals surface area contributed by atoms with Crippen LogP contribution in [0.15, 0.2) is 82.6 Å². The predicted molar refractivity (Wildman–Crippen MR) is 110 cm³/mol. The van der Waals surface area contributed by atoms with Gasteiger partial charge in [-0.25, -0.2) is 0 Å². The molecule has 4 heteroatoms. The molecule has 1 unspecified atom stereocenters. The Bertz CT molecular complexity index is 866. The maximum absolute atomic E-state index is 10.7. The number of β-amino-alcohol motifs (C(OH)–C–C–N with tert-alkyl or cyclic N) is 1. The zero-order valence-corrected chi connectivity index (χ0v) is 15.5. The molecular weight excluding hydrogens is 340 g/mol. The lowest BCUT2D eigenvalue weighted by molar-refractivity contribution is 0.195. The van der Waals surface area contributed by atoms with E-state index in [1.807, 2.05) is 12.1 Å². The van der Waals surface area contributed by atoms with Gasteiger partial charge in [0.1, 0.15) is 0 Å². The summed E-state index contributed by atoms with van der Waals surface area (Å²) in [5.74, 6) is 0. The minimum Gasteiger partial charge on any atom is -0.389 e. The maximum Gasteiger partial charge on any atom is 0.0891 e. The van der Waals surface area contributed by atoms with Crippen molar-refractivity contribution in [2.45, 2.75) is 22.8 Å². The predicted octanol–water partition coefficient (Wildman–Crippen LogP) is 5.07. The lowest BCUT2D eigenvalue weighted by Gasteiger charge is -2.34. The van der Waals surface area contributed by atoms with Crippen LogP contribution in [0.4, 0.5) is 17.1 Å². The number of hydrogen-bond donors (Lipinski definition) is 2. The van der Waals surface area contributed by atoms with Crippen LogP contribution in [0.2, 0.25) is 0 Å². The van der Waals surface area contributed by atoms with Gasteiger partial charge in [-0.2, -0.15) is 0 Å². The third kappa shape index (κ3) is 3.57. The average Bonchev–Trinajstić information content (AvgIpc) is 2.66. The molecule has 0 bridgehead atoms. The summed E-state index contributed by atoms with van der Waals surface area (Å²) in [5, 5.41) is 14.0. The minimum absolute atomic E-state index is 0.486. The Morgan fingerprint density at radius 1 is 0.923 bits per heavy atom. The third-order valence-electron chi connectivity index (χ3n) is 4.49. The maximum atomic E-state index is 10.7. The first kappa shape index (κ1) is 17.0. The molecule has 0 aliphatic carbocycles. The van der Waals surface area contributed by atoms with E-state index in [0.29, 0.717) is 13.1 Å². The minimum atomic E-state index is -0.486. The highest BCUT2D eigenvalue weighted by Crippen LogP contribution is 2.47. The van der Waals surface area contributed by atoms with E-state index in [2.05, 4.69) is 77.8 Å². The Hall–Kier alpha value is -2.43. The van der Waals surface area contributed by atoms with E-state index >= 15 is 0 Å². The van der Waals surface area contributed by atoms with Gasteiger partial charge in [0, 0.05) is 22.0 Å². The summed E-state index contributed by atoms with van der Waals surface area (Å²) in [6.07, 6.45) is -0.486. The number of aliphatic hydroxyl groups is 1. The number of benzene rings is 3. The summed E-state index contributed by atoms with van der Waals surface area (Å²) in [6.45, 7) is 3.13. The van der Waals surface area contributed by atoms with E-state index in [-0.39, 0.29) is 0 Å². The van der Waals surface area contributed by atoms with E-state index in [4.69, 9.17) is 0 Å². The monoisotopic (exact) mass is 362 g/mol. The van der Waals surface area contributed by atoms with E-state index < -0.39 is 6.10 Å². The number of rotatable bonds is 5. The topological polar surface area (TPSA) is 35.5 Å². The lowest BCUT2D eigenvalue weighted by Crippen LogP contribution is -2.34. The van der Waals surface area contributed by atoms with Crippen molar-refractivity contribution < 1.29 is 5.11 Å². The number of aliphatic hydroxyl groups excluding tert-OH is 1. The molecular formula is C22H22N2OS.